The molecule has 4 nitrogen and oxygen atoms in total. The summed E-state index contributed by atoms with van der Waals surface area (Å²) in [6.07, 6.45) is 0.528. The zero-order valence-corrected chi connectivity index (χ0v) is 9.48. The van der Waals surface area contributed by atoms with E-state index in [9.17, 15) is 14.0 Å². The highest BCUT2D eigenvalue weighted by Gasteiger charge is 2.16. The Balaban J connectivity index is 2.57. The molecule has 5 heteroatoms. The van der Waals surface area contributed by atoms with E-state index < -0.39 is 11.8 Å². The number of methoxy groups -OCH3 is 1. The molecule has 0 saturated heterocycles. The number of halogens is 1. The van der Waals surface area contributed by atoms with Crippen molar-refractivity contribution in [2.24, 2.45) is 0 Å². The van der Waals surface area contributed by atoms with E-state index in [1.165, 1.54) is 25.3 Å². The van der Waals surface area contributed by atoms with E-state index in [0.29, 0.717) is 6.29 Å². The first-order valence-corrected chi connectivity index (χ1v) is 5.09. The van der Waals surface area contributed by atoms with Crippen LogP contribution in [0.2, 0.25) is 0 Å². The van der Waals surface area contributed by atoms with Crippen molar-refractivity contribution in [2.75, 3.05) is 7.11 Å². The zero-order chi connectivity index (χ0) is 13.1. The van der Waals surface area contributed by atoms with Crippen molar-refractivity contribution in [1.29, 1.82) is 0 Å². The Morgan fingerprint density at radius 1 is 1.33 bits per heavy atom. The lowest BCUT2D eigenvalue weighted by Gasteiger charge is -2.05. The van der Waals surface area contributed by atoms with Crippen molar-refractivity contribution in [1.82, 2.24) is 0 Å². The Labute approximate surface area is 102 Å². The fraction of sp³-hybridized carbons (Fsp3) is 0.0769. The normalized spacial score (nSPS) is 10.1. The van der Waals surface area contributed by atoms with E-state index in [1.807, 2.05) is 0 Å². The molecule has 0 aliphatic carbocycles. The summed E-state index contributed by atoms with van der Waals surface area (Å²) >= 11 is 0. The highest BCUT2D eigenvalue weighted by atomic mass is 19.1. The summed E-state index contributed by atoms with van der Waals surface area (Å²) in [6, 6.07) is 6.54. The summed E-state index contributed by atoms with van der Waals surface area (Å²) in [7, 11) is 1.23. The molecule has 0 fully saturated rings. The van der Waals surface area contributed by atoms with Crippen LogP contribution in [0.1, 0.15) is 20.9 Å². The van der Waals surface area contributed by atoms with Crippen LogP contribution in [-0.4, -0.2) is 19.4 Å². The predicted octanol–water partition coefficient (Wildman–Crippen LogP) is 2.68. The Hall–Kier alpha value is -2.43. The van der Waals surface area contributed by atoms with Gasteiger partial charge in [0.05, 0.1) is 12.7 Å². The maximum Gasteiger partial charge on any atom is 0.338 e. The van der Waals surface area contributed by atoms with Crippen LogP contribution >= 0.6 is 0 Å². The molecule has 2 aromatic rings. The Morgan fingerprint density at radius 3 is 2.72 bits per heavy atom. The Bertz CT molecular complexity index is 601. The molecule has 1 heterocycles. The average Bonchev–Trinajstić information content (AvgIpc) is 2.86. The van der Waals surface area contributed by atoms with E-state index in [4.69, 9.17) is 4.42 Å². The largest absolute Gasteiger partial charge is 0.465 e. The molecule has 1 aromatic carbocycles. The summed E-state index contributed by atoms with van der Waals surface area (Å²) in [4.78, 5) is 22.1. The first kappa shape index (κ1) is 12.0. The second kappa shape index (κ2) is 4.83. The van der Waals surface area contributed by atoms with Crippen LogP contribution < -0.4 is 0 Å². The first-order chi connectivity index (χ1) is 8.65. The van der Waals surface area contributed by atoms with Gasteiger partial charge in [-0.2, -0.15) is 0 Å². The summed E-state index contributed by atoms with van der Waals surface area (Å²) < 4.78 is 23.0. The number of esters is 1. The average molecular weight is 248 g/mol. The van der Waals surface area contributed by atoms with Crippen LogP contribution in [0.3, 0.4) is 0 Å². The third-order valence-corrected chi connectivity index (χ3v) is 2.40. The SMILES string of the molecule is COC(=O)c1ccc(F)cc1-c1ccc(C=O)o1. The number of hydrogen-bond acceptors (Lipinski definition) is 4. The van der Waals surface area contributed by atoms with Gasteiger partial charge in [0.2, 0.25) is 0 Å². The first-order valence-electron chi connectivity index (χ1n) is 5.09. The van der Waals surface area contributed by atoms with Crippen molar-refractivity contribution in [3.63, 3.8) is 0 Å². The molecule has 0 aliphatic rings. The number of carbonyl (C=O) groups is 2. The van der Waals surface area contributed by atoms with Gasteiger partial charge in [-0.1, -0.05) is 0 Å². The van der Waals surface area contributed by atoms with E-state index in [-0.39, 0.29) is 22.6 Å². The standard InChI is InChI=1S/C13H9FO4/c1-17-13(16)10-4-2-8(14)6-11(10)12-5-3-9(7-15)18-12/h2-7H,1H3. The molecule has 18 heavy (non-hydrogen) atoms. The van der Waals surface area contributed by atoms with Crippen molar-refractivity contribution >= 4 is 12.3 Å². The molecule has 0 aliphatic heterocycles. The highest BCUT2D eigenvalue weighted by Crippen LogP contribution is 2.27. The molecule has 0 atom stereocenters. The van der Waals surface area contributed by atoms with Gasteiger partial charge in [-0.05, 0) is 30.3 Å². The number of furan rings is 1. The predicted molar refractivity (Wildman–Crippen MR) is 60.8 cm³/mol. The van der Waals surface area contributed by atoms with Gasteiger partial charge < -0.3 is 9.15 Å². The van der Waals surface area contributed by atoms with E-state index in [2.05, 4.69) is 4.74 Å². The lowest BCUT2D eigenvalue weighted by atomic mass is 10.1. The fourth-order valence-electron chi connectivity index (χ4n) is 1.57. The second-order valence-corrected chi connectivity index (χ2v) is 3.50. The van der Waals surface area contributed by atoms with Crippen LogP contribution in [-0.2, 0) is 4.74 Å². The quantitative estimate of drug-likeness (QED) is 0.619. The fourth-order valence-corrected chi connectivity index (χ4v) is 1.57. The van der Waals surface area contributed by atoms with E-state index in [0.717, 1.165) is 12.1 Å². The molecule has 0 saturated carbocycles. The summed E-state index contributed by atoms with van der Waals surface area (Å²) in [5, 5.41) is 0. The maximum absolute atomic E-state index is 13.2. The molecule has 0 amide bonds. The van der Waals surface area contributed by atoms with Crippen molar-refractivity contribution < 1.29 is 23.1 Å². The number of hydrogen-bond donors (Lipinski definition) is 0. The maximum atomic E-state index is 13.2. The lowest BCUT2D eigenvalue weighted by molar-refractivity contribution is 0.0601. The molecule has 0 radical (unpaired) electrons. The van der Waals surface area contributed by atoms with Gasteiger partial charge in [-0.25, -0.2) is 9.18 Å². The Kier molecular flexibility index (Phi) is 3.23. The number of aldehydes is 1. The molecule has 92 valence electrons. The molecule has 0 bridgehead atoms. The molecule has 0 N–H and O–H groups in total. The van der Waals surface area contributed by atoms with Crippen LogP contribution in [0.5, 0.6) is 0 Å². The van der Waals surface area contributed by atoms with Gasteiger partial charge in [0.25, 0.3) is 0 Å². The van der Waals surface area contributed by atoms with E-state index in [1.54, 1.807) is 0 Å². The lowest BCUT2D eigenvalue weighted by Crippen LogP contribution is -2.03. The van der Waals surface area contributed by atoms with Gasteiger partial charge in [0.15, 0.2) is 12.0 Å². The number of ether oxygens (including phenoxy) is 1. The Morgan fingerprint density at radius 2 is 2.11 bits per heavy atom. The van der Waals surface area contributed by atoms with Gasteiger partial charge in [0, 0.05) is 5.56 Å². The van der Waals surface area contributed by atoms with Crippen LogP contribution in [0, 0.1) is 5.82 Å². The smallest absolute Gasteiger partial charge is 0.338 e. The number of rotatable bonds is 3. The summed E-state index contributed by atoms with van der Waals surface area (Å²) in [5.74, 6) is -0.780. The van der Waals surface area contributed by atoms with Crippen molar-refractivity contribution in [3.8, 4) is 11.3 Å². The minimum Gasteiger partial charge on any atom is -0.465 e. The highest BCUT2D eigenvalue weighted by molar-refractivity contribution is 5.96. The van der Waals surface area contributed by atoms with Gasteiger partial charge in [0.1, 0.15) is 11.6 Å². The molecule has 2 rings (SSSR count). The van der Waals surface area contributed by atoms with Crippen molar-refractivity contribution in [2.45, 2.75) is 0 Å². The zero-order valence-electron chi connectivity index (χ0n) is 9.48. The molecule has 0 unspecified atom stereocenters. The summed E-state index contributed by atoms with van der Waals surface area (Å²) in [5.41, 5.74) is 0.417. The van der Waals surface area contributed by atoms with Gasteiger partial charge in [-0.15, -0.1) is 0 Å². The van der Waals surface area contributed by atoms with Gasteiger partial charge >= 0.3 is 5.97 Å². The molecular formula is C13H9FO4. The second-order valence-electron chi connectivity index (χ2n) is 3.50. The molecule has 0 spiro atoms. The summed E-state index contributed by atoms with van der Waals surface area (Å²) in [6.45, 7) is 0. The van der Waals surface area contributed by atoms with Crippen LogP contribution in [0.25, 0.3) is 11.3 Å². The molecular weight excluding hydrogens is 239 g/mol. The van der Waals surface area contributed by atoms with Crippen molar-refractivity contribution in [3.05, 3.63) is 47.5 Å². The van der Waals surface area contributed by atoms with Gasteiger partial charge in [-0.3, -0.25) is 4.79 Å². The van der Waals surface area contributed by atoms with Crippen LogP contribution in [0.4, 0.5) is 4.39 Å². The topological polar surface area (TPSA) is 56.5 Å². The third-order valence-electron chi connectivity index (χ3n) is 2.40. The number of carbonyl (C=O) groups excluding carboxylic acids is 2. The number of benzene rings is 1. The third kappa shape index (κ3) is 2.15. The minimum absolute atomic E-state index is 0.102. The minimum atomic E-state index is -0.603. The van der Waals surface area contributed by atoms with E-state index >= 15 is 0 Å². The van der Waals surface area contributed by atoms with Crippen LogP contribution in [0.15, 0.2) is 34.7 Å². The molecule has 1 aromatic heterocycles. The monoisotopic (exact) mass is 248 g/mol.